The first-order valence-electron chi connectivity index (χ1n) is 14.8. The lowest BCUT2D eigenvalue weighted by Crippen LogP contribution is -2.53. The highest BCUT2D eigenvalue weighted by atomic mass is 32.1. The standard InChI is InChI=1S/C33H38N4O3S/c1-3-16-34-31(38)25-17-23-10-7-11-24(18-25)29(23)35-32(39)27-19-28-30(36-33(41-28)22-8-5-4-6-9-22)37(27)20-21-12-14-26(40-2)15-13-21/h4-6,8-9,12-15,19,23-25,29H,3,7,10-11,16-18,20H2,1-2H3,(H,34,38)(H,35,39)/t23-,24+,25?,29?. The van der Waals surface area contributed by atoms with E-state index in [1.54, 1.807) is 18.4 Å². The molecule has 6 rings (SSSR count). The van der Waals surface area contributed by atoms with Crippen LogP contribution in [0.25, 0.3) is 20.9 Å². The predicted molar refractivity (Wildman–Crippen MR) is 163 cm³/mol. The van der Waals surface area contributed by atoms with E-state index in [9.17, 15) is 9.59 Å². The van der Waals surface area contributed by atoms with E-state index in [1.165, 1.54) is 6.42 Å². The number of thiazole rings is 1. The summed E-state index contributed by atoms with van der Waals surface area (Å²) in [7, 11) is 1.66. The highest BCUT2D eigenvalue weighted by molar-refractivity contribution is 7.21. The lowest BCUT2D eigenvalue weighted by Gasteiger charge is -2.45. The average molecular weight is 571 g/mol. The van der Waals surface area contributed by atoms with E-state index in [0.717, 1.165) is 70.9 Å². The minimum atomic E-state index is -0.0549. The van der Waals surface area contributed by atoms with Gasteiger partial charge in [-0.05, 0) is 67.7 Å². The topological polar surface area (TPSA) is 85.3 Å². The Balaban J connectivity index is 1.28. The predicted octanol–water partition coefficient (Wildman–Crippen LogP) is 6.27. The Kier molecular flexibility index (Phi) is 8.10. The average Bonchev–Trinajstić information content (AvgIpc) is 3.56. The number of aromatic nitrogens is 2. The monoisotopic (exact) mass is 570 g/mol. The first-order chi connectivity index (χ1) is 20.0. The van der Waals surface area contributed by atoms with Gasteiger partial charge in [0, 0.05) is 30.6 Å². The van der Waals surface area contributed by atoms with Gasteiger partial charge in [-0.3, -0.25) is 9.59 Å². The molecule has 0 saturated heterocycles. The molecule has 2 N–H and O–H groups in total. The number of amides is 2. The van der Waals surface area contributed by atoms with Gasteiger partial charge in [-0.15, -0.1) is 11.3 Å². The van der Waals surface area contributed by atoms with Crippen molar-refractivity contribution in [2.24, 2.45) is 17.8 Å². The van der Waals surface area contributed by atoms with Crippen LogP contribution in [0.15, 0.2) is 60.7 Å². The molecule has 41 heavy (non-hydrogen) atoms. The molecule has 214 valence electrons. The minimum absolute atomic E-state index is 0.0508. The van der Waals surface area contributed by atoms with Crippen LogP contribution < -0.4 is 15.4 Å². The Labute approximate surface area is 245 Å². The number of hydrogen-bond donors (Lipinski definition) is 2. The number of carbonyl (C=O) groups is 2. The summed E-state index contributed by atoms with van der Waals surface area (Å²) in [5.74, 6) is 1.64. The molecule has 2 unspecified atom stereocenters. The van der Waals surface area contributed by atoms with E-state index in [2.05, 4.69) is 34.3 Å². The van der Waals surface area contributed by atoms with Gasteiger partial charge in [0.2, 0.25) is 5.91 Å². The molecular weight excluding hydrogens is 532 g/mol. The largest absolute Gasteiger partial charge is 0.497 e. The van der Waals surface area contributed by atoms with Gasteiger partial charge in [0.25, 0.3) is 5.91 Å². The van der Waals surface area contributed by atoms with Gasteiger partial charge in [-0.25, -0.2) is 4.98 Å². The number of methoxy groups -OCH3 is 1. The van der Waals surface area contributed by atoms with Gasteiger partial charge in [0.1, 0.15) is 16.5 Å². The molecule has 2 aromatic heterocycles. The maximum absolute atomic E-state index is 14.0. The Morgan fingerprint density at radius 2 is 1.78 bits per heavy atom. The molecule has 0 aliphatic heterocycles. The van der Waals surface area contributed by atoms with Gasteiger partial charge in [-0.1, -0.05) is 55.8 Å². The van der Waals surface area contributed by atoms with E-state index in [-0.39, 0.29) is 23.8 Å². The molecule has 8 heteroatoms. The summed E-state index contributed by atoms with van der Waals surface area (Å²) in [5.41, 5.74) is 3.60. The first kappa shape index (κ1) is 27.5. The molecule has 0 radical (unpaired) electrons. The Morgan fingerprint density at radius 3 is 2.46 bits per heavy atom. The van der Waals surface area contributed by atoms with Gasteiger partial charge < -0.3 is 19.9 Å². The fourth-order valence-electron chi connectivity index (χ4n) is 6.70. The Bertz CT molecular complexity index is 1500. The van der Waals surface area contributed by atoms with Crippen LogP contribution in [0.1, 0.15) is 61.5 Å². The summed E-state index contributed by atoms with van der Waals surface area (Å²) >= 11 is 1.62. The second-order valence-electron chi connectivity index (χ2n) is 11.4. The van der Waals surface area contributed by atoms with Gasteiger partial charge in [-0.2, -0.15) is 0 Å². The SMILES string of the molecule is CCCNC(=O)C1C[C@H]2CCC[C@@H](C1)C2NC(=O)c1cc2sc(-c3ccccc3)nc2n1Cc1ccc(OC)cc1. The molecular formula is C33H38N4O3S. The third-order valence-corrected chi connectivity index (χ3v) is 9.80. The van der Waals surface area contributed by atoms with Crippen LogP contribution in [-0.4, -0.2) is 41.1 Å². The van der Waals surface area contributed by atoms with E-state index in [1.807, 2.05) is 48.5 Å². The van der Waals surface area contributed by atoms with Crippen molar-refractivity contribution in [3.8, 4) is 16.3 Å². The van der Waals surface area contributed by atoms with E-state index in [0.29, 0.717) is 24.1 Å². The van der Waals surface area contributed by atoms with Gasteiger partial charge >= 0.3 is 0 Å². The lowest BCUT2D eigenvalue weighted by molar-refractivity contribution is -0.128. The van der Waals surface area contributed by atoms with Crippen molar-refractivity contribution in [2.75, 3.05) is 13.7 Å². The van der Waals surface area contributed by atoms with Crippen molar-refractivity contribution < 1.29 is 14.3 Å². The summed E-state index contributed by atoms with van der Waals surface area (Å²) in [6.45, 7) is 3.34. The number of benzene rings is 2. The lowest BCUT2D eigenvalue weighted by atomic mass is 9.64. The van der Waals surface area contributed by atoms with Crippen LogP contribution in [0.2, 0.25) is 0 Å². The summed E-state index contributed by atoms with van der Waals surface area (Å²) in [4.78, 5) is 31.8. The minimum Gasteiger partial charge on any atom is -0.497 e. The van der Waals surface area contributed by atoms with Crippen molar-refractivity contribution in [3.05, 3.63) is 71.9 Å². The van der Waals surface area contributed by atoms with Crippen molar-refractivity contribution in [1.82, 2.24) is 20.2 Å². The molecule has 2 saturated carbocycles. The second kappa shape index (κ2) is 12.1. The Hall–Kier alpha value is -3.65. The van der Waals surface area contributed by atoms with Crippen LogP contribution in [0.4, 0.5) is 0 Å². The van der Waals surface area contributed by atoms with Crippen LogP contribution in [0, 0.1) is 17.8 Å². The molecule has 7 nitrogen and oxygen atoms in total. The van der Waals surface area contributed by atoms with Crippen molar-refractivity contribution in [2.45, 2.75) is 58.0 Å². The number of rotatable bonds is 9. The summed E-state index contributed by atoms with van der Waals surface area (Å²) in [6, 6.07) is 20.2. The molecule has 2 heterocycles. The quantitative estimate of drug-likeness (QED) is 0.248. The molecule has 4 atom stereocenters. The highest BCUT2D eigenvalue weighted by Gasteiger charge is 2.43. The third kappa shape index (κ3) is 5.75. The van der Waals surface area contributed by atoms with Crippen LogP contribution in [-0.2, 0) is 11.3 Å². The number of nitrogens with zero attached hydrogens (tertiary/aromatic N) is 2. The smallest absolute Gasteiger partial charge is 0.268 e. The molecule has 2 aliphatic rings. The molecule has 2 amide bonds. The fraction of sp³-hybridized carbons (Fsp3) is 0.424. The highest BCUT2D eigenvalue weighted by Crippen LogP contribution is 2.43. The van der Waals surface area contributed by atoms with Crippen molar-refractivity contribution in [1.29, 1.82) is 0 Å². The molecule has 4 aromatic rings. The van der Waals surface area contributed by atoms with E-state index in [4.69, 9.17) is 9.72 Å². The molecule has 2 aliphatic carbocycles. The number of hydrogen-bond acceptors (Lipinski definition) is 5. The zero-order valence-electron chi connectivity index (χ0n) is 23.8. The number of nitrogens with one attached hydrogen (secondary N) is 2. The van der Waals surface area contributed by atoms with Crippen molar-refractivity contribution in [3.63, 3.8) is 0 Å². The van der Waals surface area contributed by atoms with E-state index < -0.39 is 0 Å². The normalized spacial score (nSPS) is 21.9. The maximum atomic E-state index is 14.0. The van der Waals surface area contributed by atoms with Gasteiger partial charge in [0.15, 0.2) is 5.65 Å². The summed E-state index contributed by atoms with van der Waals surface area (Å²) in [6.07, 6.45) is 5.92. The van der Waals surface area contributed by atoms with Crippen LogP contribution >= 0.6 is 11.3 Å². The number of carbonyl (C=O) groups excluding carboxylic acids is 2. The third-order valence-electron chi connectivity index (χ3n) is 8.76. The van der Waals surface area contributed by atoms with Crippen LogP contribution in [0.5, 0.6) is 5.75 Å². The van der Waals surface area contributed by atoms with Crippen molar-refractivity contribution >= 4 is 33.5 Å². The molecule has 2 fully saturated rings. The number of ether oxygens (including phenoxy) is 1. The second-order valence-corrected chi connectivity index (χ2v) is 12.5. The zero-order valence-corrected chi connectivity index (χ0v) is 24.6. The van der Waals surface area contributed by atoms with Gasteiger partial charge in [0.05, 0.1) is 11.8 Å². The van der Waals surface area contributed by atoms with E-state index >= 15 is 0 Å². The number of fused-ring (bicyclic) bond motifs is 3. The fourth-order valence-corrected chi connectivity index (χ4v) is 7.72. The Morgan fingerprint density at radius 1 is 1.05 bits per heavy atom. The molecule has 0 spiro atoms. The molecule has 2 bridgehead atoms. The van der Waals surface area contributed by atoms with Crippen LogP contribution in [0.3, 0.4) is 0 Å². The summed E-state index contributed by atoms with van der Waals surface area (Å²) < 4.78 is 8.39. The zero-order chi connectivity index (χ0) is 28.3. The maximum Gasteiger partial charge on any atom is 0.268 e. The first-order valence-corrected chi connectivity index (χ1v) is 15.6. The summed E-state index contributed by atoms with van der Waals surface area (Å²) in [5, 5.41) is 7.49. The molecule has 2 aromatic carbocycles.